The van der Waals surface area contributed by atoms with Crippen molar-refractivity contribution in [2.75, 3.05) is 17.3 Å². The maximum atomic E-state index is 11.8. The van der Waals surface area contributed by atoms with Crippen LogP contribution in [-0.4, -0.2) is 23.1 Å². The zero-order valence-corrected chi connectivity index (χ0v) is 22.2. The molecule has 0 bridgehead atoms. The van der Waals surface area contributed by atoms with Crippen LogP contribution in [0.5, 0.6) is 5.75 Å². The fourth-order valence-corrected chi connectivity index (χ4v) is 5.45. The summed E-state index contributed by atoms with van der Waals surface area (Å²) in [6.45, 7) is 3.53. The number of nitrogens with one attached hydrogen (secondary N) is 2. The van der Waals surface area contributed by atoms with Crippen molar-refractivity contribution in [2.24, 2.45) is 0 Å². The Morgan fingerprint density at radius 1 is 1.14 bits per heavy atom. The van der Waals surface area contributed by atoms with Crippen molar-refractivity contribution in [1.82, 2.24) is 10.3 Å². The predicted molar refractivity (Wildman–Crippen MR) is 149 cm³/mol. The Morgan fingerprint density at radius 3 is 2.65 bits per heavy atom. The van der Waals surface area contributed by atoms with Crippen molar-refractivity contribution < 1.29 is 13.9 Å². The number of hydrogen-bond acceptors (Lipinski definition) is 6. The number of methoxy groups -OCH3 is 1. The van der Waals surface area contributed by atoms with Gasteiger partial charge in [-0.3, -0.25) is 9.78 Å². The third-order valence-corrected chi connectivity index (χ3v) is 7.25. The molecule has 37 heavy (non-hydrogen) atoms. The third-order valence-electron chi connectivity index (χ3n) is 6.00. The second-order valence-corrected chi connectivity index (χ2v) is 10.1. The van der Waals surface area contributed by atoms with Gasteiger partial charge in [0.2, 0.25) is 5.91 Å². The zero-order chi connectivity index (χ0) is 25.9. The van der Waals surface area contributed by atoms with Gasteiger partial charge in [-0.05, 0) is 73.7 Å². The lowest BCUT2D eigenvalue weighted by molar-refractivity contribution is -0.114. The molecular formula is C28H26N4O3S2. The lowest BCUT2D eigenvalue weighted by atomic mass is 10.0. The summed E-state index contributed by atoms with van der Waals surface area (Å²) >= 11 is 7.38. The molecule has 0 saturated carbocycles. The summed E-state index contributed by atoms with van der Waals surface area (Å²) in [6, 6.07) is 23.1. The standard InChI is InChI=1S/C28H26N4O3S2/c1-17-7-10-20(11-8-17)37-25-14-13-24(35-25)27-26(21-6-4-5-15-29-21)31-28(36)32(27)19-9-12-23(34-3)22(16-19)30-18(2)33/h4-16,26-27H,1-3H3,(H,30,33)(H,31,36)/t26-,27-/m0/s1. The van der Waals surface area contributed by atoms with Gasteiger partial charge in [-0.15, -0.1) is 0 Å². The highest BCUT2D eigenvalue weighted by Crippen LogP contribution is 2.44. The predicted octanol–water partition coefficient (Wildman–Crippen LogP) is 6.28. The van der Waals surface area contributed by atoms with Crippen LogP contribution in [0.3, 0.4) is 0 Å². The number of rotatable bonds is 7. The number of furan rings is 1. The van der Waals surface area contributed by atoms with E-state index in [1.54, 1.807) is 25.1 Å². The van der Waals surface area contributed by atoms with Crippen LogP contribution < -0.4 is 20.3 Å². The van der Waals surface area contributed by atoms with Gasteiger partial charge < -0.3 is 24.7 Å². The van der Waals surface area contributed by atoms with E-state index in [-0.39, 0.29) is 18.0 Å². The molecule has 1 aliphatic heterocycles. The number of nitrogens with zero attached hydrogens (tertiary/aromatic N) is 2. The van der Waals surface area contributed by atoms with Gasteiger partial charge >= 0.3 is 0 Å². The number of pyridine rings is 1. The molecular weight excluding hydrogens is 504 g/mol. The molecule has 2 atom stereocenters. The van der Waals surface area contributed by atoms with Crippen LogP contribution >= 0.6 is 24.0 Å². The highest BCUT2D eigenvalue weighted by Gasteiger charge is 2.42. The van der Waals surface area contributed by atoms with E-state index in [9.17, 15) is 4.79 Å². The number of carbonyl (C=O) groups excluding carboxylic acids is 1. The molecule has 1 fully saturated rings. The number of aromatic nitrogens is 1. The van der Waals surface area contributed by atoms with Gasteiger partial charge in [0.1, 0.15) is 17.6 Å². The van der Waals surface area contributed by atoms with Gasteiger partial charge in [0, 0.05) is 23.7 Å². The maximum Gasteiger partial charge on any atom is 0.221 e. The first kappa shape index (κ1) is 24.9. The van der Waals surface area contributed by atoms with E-state index in [0.29, 0.717) is 16.5 Å². The molecule has 9 heteroatoms. The van der Waals surface area contributed by atoms with Crippen molar-refractivity contribution in [2.45, 2.75) is 35.9 Å². The first-order chi connectivity index (χ1) is 17.9. The van der Waals surface area contributed by atoms with Gasteiger partial charge in [-0.1, -0.05) is 35.5 Å². The van der Waals surface area contributed by atoms with Crippen LogP contribution in [0.15, 0.2) is 93.4 Å². The molecule has 1 amide bonds. The van der Waals surface area contributed by atoms with E-state index in [2.05, 4.69) is 46.8 Å². The summed E-state index contributed by atoms with van der Waals surface area (Å²) in [5.74, 6) is 1.11. The zero-order valence-electron chi connectivity index (χ0n) is 20.6. The average Bonchev–Trinajstić information content (AvgIpc) is 3.49. The van der Waals surface area contributed by atoms with E-state index in [1.165, 1.54) is 12.5 Å². The van der Waals surface area contributed by atoms with Crippen molar-refractivity contribution in [1.29, 1.82) is 0 Å². The van der Waals surface area contributed by atoms with Crippen LogP contribution in [0, 0.1) is 6.92 Å². The topological polar surface area (TPSA) is 79.6 Å². The SMILES string of the molecule is COc1ccc(N2C(=S)N[C@@H](c3ccccn3)[C@@H]2c2ccc(Sc3ccc(C)cc3)o2)cc1NC(C)=O. The van der Waals surface area contributed by atoms with Gasteiger partial charge in [-0.2, -0.15) is 0 Å². The Balaban J connectivity index is 1.54. The van der Waals surface area contributed by atoms with E-state index in [1.807, 2.05) is 53.4 Å². The molecule has 7 nitrogen and oxygen atoms in total. The number of thiocarbonyl (C=S) groups is 1. The summed E-state index contributed by atoms with van der Waals surface area (Å²) in [6.07, 6.45) is 1.77. The van der Waals surface area contributed by atoms with E-state index >= 15 is 0 Å². The summed E-state index contributed by atoms with van der Waals surface area (Å²) in [7, 11) is 1.57. The van der Waals surface area contributed by atoms with Crippen molar-refractivity contribution in [3.63, 3.8) is 0 Å². The van der Waals surface area contributed by atoms with Gasteiger partial charge in [-0.25, -0.2) is 0 Å². The average molecular weight is 531 g/mol. The lowest BCUT2D eigenvalue weighted by Gasteiger charge is -2.27. The number of amides is 1. The summed E-state index contributed by atoms with van der Waals surface area (Å²) < 4.78 is 11.8. The summed E-state index contributed by atoms with van der Waals surface area (Å²) in [5.41, 5.74) is 3.40. The quantitative estimate of drug-likeness (QED) is 0.270. The van der Waals surface area contributed by atoms with Crippen molar-refractivity contribution >= 4 is 46.4 Å². The van der Waals surface area contributed by atoms with Crippen molar-refractivity contribution in [3.05, 3.63) is 96.0 Å². The monoisotopic (exact) mass is 530 g/mol. The molecule has 2 N–H and O–H groups in total. The molecule has 5 rings (SSSR count). The van der Waals surface area contributed by atoms with Gasteiger partial charge in [0.05, 0.1) is 24.5 Å². The molecule has 188 valence electrons. The molecule has 4 aromatic rings. The lowest BCUT2D eigenvalue weighted by Crippen LogP contribution is -2.29. The number of anilines is 2. The summed E-state index contributed by atoms with van der Waals surface area (Å²) in [4.78, 5) is 19.5. The maximum absolute atomic E-state index is 11.8. The van der Waals surface area contributed by atoms with Gasteiger partial charge in [0.25, 0.3) is 0 Å². The molecule has 3 heterocycles. The Kier molecular flexibility index (Phi) is 7.16. The number of aryl methyl sites for hydroxylation is 1. The van der Waals surface area contributed by atoms with Crippen molar-refractivity contribution in [3.8, 4) is 5.75 Å². The minimum Gasteiger partial charge on any atom is -0.495 e. The van der Waals surface area contributed by atoms with Crippen LogP contribution in [0.1, 0.15) is 36.0 Å². The number of hydrogen-bond donors (Lipinski definition) is 2. The highest BCUT2D eigenvalue weighted by atomic mass is 32.2. The molecule has 0 radical (unpaired) electrons. The third kappa shape index (κ3) is 5.33. The van der Waals surface area contributed by atoms with E-state index < -0.39 is 0 Å². The molecule has 1 aliphatic rings. The van der Waals surface area contributed by atoms with Crippen LogP contribution in [0.25, 0.3) is 0 Å². The largest absolute Gasteiger partial charge is 0.495 e. The molecule has 0 unspecified atom stereocenters. The smallest absolute Gasteiger partial charge is 0.221 e. The van der Waals surface area contributed by atoms with Crippen LogP contribution in [-0.2, 0) is 4.79 Å². The Hall–Kier alpha value is -3.82. The summed E-state index contributed by atoms with van der Waals surface area (Å²) in [5, 5.41) is 7.59. The van der Waals surface area contributed by atoms with E-state index in [4.69, 9.17) is 21.4 Å². The van der Waals surface area contributed by atoms with Crippen LogP contribution in [0.4, 0.5) is 11.4 Å². The first-order valence-corrected chi connectivity index (χ1v) is 13.0. The van der Waals surface area contributed by atoms with E-state index in [0.717, 1.165) is 27.1 Å². The Morgan fingerprint density at radius 2 is 1.95 bits per heavy atom. The normalized spacial score (nSPS) is 16.9. The highest BCUT2D eigenvalue weighted by molar-refractivity contribution is 7.99. The second-order valence-electron chi connectivity index (χ2n) is 8.63. The fraction of sp³-hybridized carbons (Fsp3) is 0.179. The number of ether oxygens (including phenoxy) is 1. The molecule has 0 spiro atoms. The molecule has 1 saturated heterocycles. The second kappa shape index (κ2) is 10.7. The minimum atomic E-state index is -0.312. The minimum absolute atomic E-state index is 0.190. The number of benzene rings is 2. The first-order valence-electron chi connectivity index (χ1n) is 11.7. The van der Waals surface area contributed by atoms with Crippen LogP contribution in [0.2, 0.25) is 0 Å². The number of carbonyl (C=O) groups is 1. The molecule has 2 aromatic carbocycles. The fourth-order valence-electron chi connectivity index (χ4n) is 4.33. The van der Waals surface area contributed by atoms with Gasteiger partial charge in [0.15, 0.2) is 10.2 Å². The Labute approximate surface area is 225 Å². The molecule has 0 aliphatic carbocycles. The Bertz CT molecular complexity index is 1420. The molecule has 2 aromatic heterocycles.